The number of rotatable bonds is 5. The fourth-order valence-corrected chi connectivity index (χ4v) is 1.52. The lowest BCUT2D eigenvalue weighted by atomic mass is 10.2. The van der Waals surface area contributed by atoms with Gasteiger partial charge in [0.2, 0.25) is 0 Å². The Morgan fingerprint density at radius 2 is 2.12 bits per heavy atom. The molecule has 0 aromatic heterocycles. The fraction of sp³-hybridized carbons (Fsp3) is 0.273. The summed E-state index contributed by atoms with van der Waals surface area (Å²) >= 11 is 11.8. The molecule has 1 amide bonds. The second kappa shape index (κ2) is 7.27. The lowest BCUT2D eigenvalue weighted by Crippen LogP contribution is -2.22. The first-order valence-electron chi connectivity index (χ1n) is 4.98. The van der Waals surface area contributed by atoms with Gasteiger partial charge in [-0.3, -0.25) is 4.79 Å². The van der Waals surface area contributed by atoms with Gasteiger partial charge in [-0.25, -0.2) is 5.43 Å². The zero-order valence-corrected chi connectivity index (χ0v) is 10.8. The second-order valence-corrected chi connectivity index (χ2v) is 3.88. The van der Waals surface area contributed by atoms with E-state index in [0.717, 1.165) is 0 Å². The summed E-state index contributed by atoms with van der Waals surface area (Å²) in [5, 5.41) is 4.69. The van der Waals surface area contributed by atoms with Crippen LogP contribution >= 0.6 is 23.2 Å². The van der Waals surface area contributed by atoms with E-state index in [1.807, 2.05) is 0 Å². The van der Waals surface area contributed by atoms with Gasteiger partial charge in [-0.15, -0.1) is 0 Å². The van der Waals surface area contributed by atoms with E-state index < -0.39 is 0 Å². The molecule has 1 aromatic rings. The van der Waals surface area contributed by atoms with Gasteiger partial charge in [-0.1, -0.05) is 29.3 Å². The summed E-state index contributed by atoms with van der Waals surface area (Å²) in [7, 11) is 0. The smallest absolute Gasteiger partial charge is 0.266 e. The van der Waals surface area contributed by atoms with Crippen molar-refractivity contribution in [1.29, 1.82) is 0 Å². The third-order valence-electron chi connectivity index (χ3n) is 1.82. The van der Waals surface area contributed by atoms with Gasteiger partial charge in [0, 0.05) is 12.2 Å². The SMILES string of the molecule is CCOCC(=O)N/N=C/c1c(Cl)cccc1Cl. The summed E-state index contributed by atoms with van der Waals surface area (Å²) in [4.78, 5) is 11.1. The molecule has 1 N–H and O–H groups in total. The highest BCUT2D eigenvalue weighted by molar-refractivity contribution is 6.38. The minimum atomic E-state index is -0.328. The number of nitrogens with one attached hydrogen (secondary N) is 1. The van der Waals surface area contributed by atoms with E-state index in [9.17, 15) is 4.79 Å². The van der Waals surface area contributed by atoms with E-state index in [4.69, 9.17) is 27.9 Å². The van der Waals surface area contributed by atoms with Crippen LogP contribution in [-0.4, -0.2) is 25.3 Å². The molecule has 17 heavy (non-hydrogen) atoms. The number of carbonyl (C=O) groups is 1. The normalized spacial score (nSPS) is 10.8. The Labute approximate surface area is 110 Å². The molecule has 4 nitrogen and oxygen atoms in total. The van der Waals surface area contributed by atoms with Crippen LogP contribution in [0.1, 0.15) is 12.5 Å². The molecule has 0 atom stereocenters. The molecule has 0 fully saturated rings. The Morgan fingerprint density at radius 1 is 1.47 bits per heavy atom. The Hall–Kier alpha value is -1.10. The Bertz CT molecular complexity index is 402. The molecule has 0 spiro atoms. The zero-order valence-electron chi connectivity index (χ0n) is 9.24. The van der Waals surface area contributed by atoms with Crippen LogP contribution < -0.4 is 5.43 Å². The van der Waals surface area contributed by atoms with Crippen molar-refractivity contribution in [2.75, 3.05) is 13.2 Å². The van der Waals surface area contributed by atoms with Crippen molar-refractivity contribution in [3.05, 3.63) is 33.8 Å². The van der Waals surface area contributed by atoms with Gasteiger partial charge in [0.15, 0.2) is 0 Å². The van der Waals surface area contributed by atoms with Gasteiger partial charge in [-0.05, 0) is 19.1 Å². The molecule has 1 rings (SSSR count). The molecule has 0 aliphatic carbocycles. The van der Waals surface area contributed by atoms with Crippen LogP contribution in [0.25, 0.3) is 0 Å². The summed E-state index contributed by atoms with van der Waals surface area (Å²) in [5.74, 6) is -0.328. The molecule has 0 bridgehead atoms. The van der Waals surface area contributed by atoms with Crippen molar-refractivity contribution in [3.63, 3.8) is 0 Å². The standard InChI is InChI=1S/C11H12Cl2N2O2/c1-2-17-7-11(16)15-14-6-8-9(12)4-3-5-10(8)13/h3-6H,2,7H2,1H3,(H,15,16)/b14-6+. The molecule has 1 aromatic carbocycles. The van der Waals surface area contributed by atoms with Crippen molar-refractivity contribution in [2.45, 2.75) is 6.92 Å². The highest BCUT2D eigenvalue weighted by atomic mass is 35.5. The van der Waals surface area contributed by atoms with Crippen LogP contribution in [0, 0.1) is 0 Å². The highest BCUT2D eigenvalue weighted by Crippen LogP contribution is 2.21. The van der Waals surface area contributed by atoms with E-state index in [2.05, 4.69) is 10.5 Å². The maximum Gasteiger partial charge on any atom is 0.266 e. The molecule has 6 heteroatoms. The minimum absolute atomic E-state index is 0.0237. The van der Waals surface area contributed by atoms with E-state index >= 15 is 0 Å². The van der Waals surface area contributed by atoms with Crippen LogP contribution in [0.3, 0.4) is 0 Å². The number of hydrazone groups is 1. The van der Waals surface area contributed by atoms with Crippen molar-refractivity contribution in [1.82, 2.24) is 5.43 Å². The van der Waals surface area contributed by atoms with Gasteiger partial charge in [-0.2, -0.15) is 5.10 Å². The number of benzene rings is 1. The third-order valence-corrected chi connectivity index (χ3v) is 2.48. The maximum absolute atomic E-state index is 11.1. The summed E-state index contributed by atoms with van der Waals surface area (Å²) in [5.41, 5.74) is 2.87. The maximum atomic E-state index is 11.1. The van der Waals surface area contributed by atoms with Crippen LogP contribution in [-0.2, 0) is 9.53 Å². The zero-order chi connectivity index (χ0) is 12.7. The van der Waals surface area contributed by atoms with Gasteiger partial charge in [0.25, 0.3) is 5.91 Å². The number of halogens is 2. The molecule has 0 radical (unpaired) electrons. The molecule has 0 saturated heterocycles. The Balaban J connectivity index is 2.56. The largest absolute Gasteiger partial charge is 0.372 e. The molecule has 0 heterocycles. The molecular formula is C11H12Cl2N2O2. The topological polar surface area (TPSA) is 50.7 Å². The predicted octanol–water partition coefficient (Wildman–Crippen LogP) is 2.48. The quantitative estimate of drug-likeness (QED) is 0.663. The third kappa shape index (κ3) is 4.73. The fourth-order valence-electron chi connectivity index (χ4n) is 1.03. The van der Waals surface area contributed by atoms with Crippen LogP contribution in [0.15, 0.2) is 23.3 Å². The van der Waals surface area contributed by atoms with Crippen molar-refractivity contribution in [3.8, 4) is 0 Å². The number of hydrogen-bond acceptors (Lipinski definition) is 3. The molecule has 92 valence electrons. The van der Waals surface area contributed by atoms with E-state index in [1.54, 1.807) is 25.1 Å². The minimum Gasteiger partial charge on any atom is -0.372 e. The Kier molecular flexibility index (Phi) is 5.97. The molecule has 0 unspecified atom stereocenters. The summed E-state index contributed by atoms with van der Waals surface area (Å²) in [6.07, 6.45) is 1.40. The highest BCUT2D eigenvalue weighted by Gasteiger charge is 2.02. The monoisotopic (exact) mass is 274 g/mol. The van der Waals surface area contributed by atoms with Gasteiger partial charge < -0.3 is 4.74 Å². The lowest BCUT2D eigenvalue weighted by Gasteiger charge is -2.01. The molecule has 0 aliphatic rings. The average molecular weight is 275 g/mol. The van der Waals surface area contributed by atoms with Crippen LogP contribution in [0.2, 0.25) is 10.0 Å². The van der Waals surface area contributed by atoms with E-state index in [-0.39, 0.29) is 12.5 Å². The first-order valence-corrected chi connectivity index (χ1v) is 5.74. The summed E-state index contributed by atoms with van der Waals surface area (Å²) in [6.45, 7) is 2.26. The molecule has 0 aliphatic heterocycles. The average Bonchev–Trinajstić information content (AvgIpc) is 2.30. The van der Waals surface area contributed by atoms with E-state index in [0.29, 0.717) is 22.2 Å². The molecule has 0 saturated carbocycles. The van der Waals surface area contributed by atoms with Crippen molar-refractivity contribution in [2.24, 2.45) is 5.10 Å². The van der Waals surface area contributed by atoms with Gasteiger partial charge in [0.05, 0.1) is 16.3 Å². The number of ether oxygens (including phenoxy) is 1. The van der Waals surface area contributed by atoms with Crippen LogP contribution in [0.5, 0.6) is 0 Å². The number of hydrogen-bond donors (Lipinski definition) is 1. The van der Waals surface area contributed by atoms with Crippen molar-refractivity contribution >= 4 is 35.3 Å². The lowest BCUT2D eigenvalue weighted by molar-refractivity contribution is -0.125. The first kappa shape index (κ1) is 14.0. The second-order valence-electron chi connectivity index (χ2n) is 3.07. The molecular weight excluding hydrogens is 263 g/mol. The number of carbonyl (C=O) groups excluding carboxylic acids is 1. The number of amides is 1. The van der Waals surface area contributed by atoms with Crippen LogP contribution in [0.4, 0.5) is 0 Å². The van der Waals surface area contributed by atoms with Gasteiger partial charge >= 0.3 is 0 Å². The summed E-state index contributed by atoms with van der Waals surface area (Å²) in [6, 6.07) is 5.11. The summed E-state index contributed by atoms with van der Waals surface area (Å²) < 4.78 is 4.91. The van der Waals surface area contributed by atoms with E-state index in [1.165, 1.54) is 6.21 Å². The Morgan fingerprint density at radius 3 is 2.71 bits per heavy atom. The first-order chi connectivity index (χ1) is 8.15. The van der Waals surface area contributed by atoms with Crippen molar-refractivity contribution < 1.29 is 9.53 Å². The van der Waals surface area contributed by atoms with Gasteiger partial charge in [0.1, 0.15) is 6.61 Å². The number of nitrogens with zero attached hydrogens (tertiary/aromatic N) is 1. The predicted molar refractivity (Wildman–Crippen MR) is 68.7 cm³/mol.